The van der Waals surface area contributed by atoms with E-state index >= 15 is 0 Å². The number of likely N-dealkylation sites (tertiary alicyclic amines) is 1. The molecular weight excluding hydrogens is 245 g/mol. The third-order valence-electron chi connectivity index (χ3n) is 3.77. The van der Waals surface area contributed by atoms with E-state index < -0.39 is 11.8 Å². The van der Waals surface area contributed by atoms with E-state index in [9.17, 15) is 9.18 Å². The van der Waals surface area contributed by atoms with Gasteiger partial charge in [-0.25, -0.2) is 9.18 Å². The normalized spacial score (nSPS) is 19.8. The summed E-state index contributed by atoms with van der Waals surface area (Å²) in [4.78, 5) is 13.1. The first-order valence-electron chi connectivity index (χ1n) is 6.84. The van der Waals surface area contributed by atoms with Gasteiger partial charge in [-0.15, -0.1) is 0 Å². The van der Waals surface area contributed by atoms with Crippen molar-refractivity contribution in [1.82, 2.24) is 4.90 Å². The highest BCUT2D eigenvalue weighted by Gasteiger charge is 2.23. The van der Waals surface area contributed by atoms with Gasteiger partial charge in [0.2, 0.25) is 0 Å². The lowest BCUT2D eigenvalue weighted by atomic mass is 10.0. The monoisotopic (exact) mass is 265 g/mol. The standard InChI is InChI=1S/C15H20FNO2/c1-2-4-11-7-8-17(9-11)10-12-5-3-6-13(14(12)16)15(18)19/h3,5-6,11H,2,4,7-10H2,1H3,(H,18,19). The fourth-order valence-electron chi connectivity index (χ4n) is 2.81. The van der Waals surface area contributed by atoms with Crippen LogP contribution in [0.4, 0.5) is 4.39 Å². The molecule has 1 aromatic rings. The number of hydrogen-bond acceptors (Lipinski definition) is 2. The molecule has 104 valence electrons. The van der Waals surface area contributed by atoms with Crippen molar-refractivity contribution in [3.05, 3.63) is 35.1 Å². The lowest BCUT2D eigenvalue weighted by Crippen LogP contribution is -2.21. The predicted octanol–water partition coefficient (Wildman–Crippen LogP) is 3.15. The second-order valence-corrected chi connectivity index (χ2v) is 5.26. The molecule has 0 aromatic heterocycles. The van der Waals surface area contributed by atoms with Crippen molar-refractivity contribution in [3.63, 3.8) is 0 Å². The van der Waals surface area contributed by atoms with Crippen molar-refractivity contribution in [2.45, 2.75) is 32.7 Å². The number of rotatable bonds is 5. The Hall–Kier alpha value is -1.42. The van der Waals surface area contributed by atoms with Crippen LogP contribution in [-0.4, -0.2) is 29.1 Å². The first-order valence-corrected chi connectivity index (χ1v) is 6.84. The lowest BCUT2D eigenvalue weighted by molar-refractivity contribution is 0.0691. The molecule has 1 N–H and O–H groups in total. The molecule has 0 aliphatic carbocycles. The Morgan fingerprint density at radius 1 is 1.53 bits per heavy atom. The third-order valence-corrected chi connectivity index (χ3v) is 3.77. The van der Waals surface area contributed by atoms with Gasteiger partial charge in [0.25, 0.3) is 0 Å². The maximum atomic E-state index is 14.0. The second-order valence-electron chi connectivity index (χ2n) is 5.26. The minimum atomic E-state index is -1.20. The molecule has 1 unspecified atom stereocenters. The molecule has 1 saturated heterocycles. The molecule has 0 spiro atoms. The first kappa shape index (κ1) is 14.0. The molecule has 0 amide bonds. The van der Waals surface area contributed by atoms with E-state index in [1.54, 1.807) is 12.1 Å². The number of benzene rings is 1. The van der Waals surface area contributed by atoms with Crippen molar-refractivity contribution in [3.8, 4) is 0 Å². The average Bonchev–Trinajstić information content (AvgIpc) is 2.79. The molecule has 1 aliphatic rings. The Balaban J connectivity index is 2.04. The molecule has 4 heteroatoms. The molecule has 19 heavy (non-hydrogen) atoms. The van der Waals surface area contributed by atoms with E-state index in [0.29, 0.717) is 18.0 Å². The minimum Gasteiger partial charge on any atom is -0.478 e. The summed E-state index contributed by atoms with van der Waals surface area (Å²) in [5, 5.41) is 8.91. The van der Waals surface area contributed by atoms with Crippen molar-refractivity contribution < 1.29 is 14.3 Å². The summed E-state index contributed by atoms with van der Waals surface area (Å²) in [6.45, 7) is 4.65. The minimum absolute atomic E-state index is 0.234. The summed E-state index contributed by atoms with van der Waals surface area (Å²) in [5.41, 5.74) is 0.249. The molecule has 1 atom stereocenters. The van der Waals surface area contributed by atoms with Gasteiger partial charge in [0, 0.05) is 18.7 Å². The van der Waals surface area contributed by atoms with Crippen LogP contribution < -0.4 is 0 Å². The number of halogens is 1. The van der Waals surface area contributed by atoms with E-state index in [1.165, 1.54) is 18.9 Å². The second kappa shape index (κ2) is 6.15. The number of hydrogen-bond donors (Lipinski definition) is 1. The van der Waals surface area contributed by atoms with E-state index in [4.69, 9.17) is 5.11 Å². The van der Waals surface area contributed by atoms with Crippen molar-refractivity contribution >= 4 is 5.97 Å². The molecule has 1 heterocycles. The molecule has 1 fully saturated rings. The lowest BCUT2D eigenvalue weighted by Gasteiger charge is -2.17. The van der Waals surface area contributed by atoms with Crippen molar-refractivity contribution in [2.24, 2.45) is 5.92 Å². The zero-order valence-corrected chi connectivity index (χ0v) is 11.2. The molecule has 3 nitrogen and oxygen atoms in total. The molecule has 1 aromatic carbocycles. The maximum Gasteiger partial charge on any atom is 0.338 e. The van der Waals surface area contributed by atoms with E-state index in [1.807, 2.05) is 0 Å². The number of aromatic carboxylic acids is 1. The van der Waals surface area contributed by atoms with Crippen LogP contribution in [0.15, 0.2) is 18.2 Å². The van der Waals surface area contributed by atoms with Gasteiger partial charge in [0.05, 0.1) is 5.56 Å². The van der Waals surface area contributed by atoms with Gasteiger partial charge in [-0.2, -0.15) is 0 Å². The fourth-order valence-corrected chi connectivity index (χ4v) is 2.81. The molecule has 0 radical (unpaired) electrons. The molecular formula is C15H20FNO2. The summed E-state index contributed by atoms with van der Waals surface area (Å²) >= 11 is 0. The van der Waals surface area contributed by atoms with Crippen LogP contribution >= 0.6 is 0 Å². The first-order chi connectivity index (χ1) is 9.11. The SMILES string of the molecule is CCCC1CCN(Cc2cccc(C(=O)O)c2F)C1. The van der Waals surface area contributed by atoms with Gasteiger partial charge in [-0.05, 0) is 31.4 Å². The summed E-state index contributed by atoms with van der Waals surface area (Å²) in [7, 11) is 0. The predicted molar refractivity (Wildman–Crippen MR) is 71.7 cm³/mol. The van der Waals surface area contributed by atoms with Crippen LogP contribution in [0, 0.1) is 11.7 Å². The highest BCUT2D eigenvalue weighted by Crippen LogP contribution is 2.23. The zero-order valence-electron chi connectivity index (χ0n) is 11.2. The zero-order chi connectivity index (χ0) is 13.8. The van der Waals surface area contributed by atoms with Gasteiger partial charge < -0.3 is 5.11 Å². The molecule has 0 saturated carbocycles. The topological polar surface area (TPSA) is 40.5 Å². The van der Waals surface area contributed by atoms with Gasteiger partial charge in [-0.1, -0.05) is 25.5 Å². The maximum absolute atomic E-state index is 14.0. The van der Waals surface area contributed by atoms with Crippen LogP contribution in [0.3, 0.4) is 0 Å². The van der Waals surface area contributed by atoms with Crippen LogP contribution in [0.5, 0.6) is 0 Å². The highest BCUT2D eigenvalue weighted by atomic mass is 19.1. The molecule has 0 bridgehead atoms. The van der Waals surface area contributed by atoms with Crippen LogP contribution in [-0.2, 0) is 6.54 Å². The summed E-state index contributed by atoms with van der Waals surface area (Å²) in [5.74, 6) is -1.09. The van der Waals surface area contributed by atoms with Gasteiger partial charge in [0.15, 0.2) is 0 Å². The summed E-state index contributed by atoms with van der Waals surface area (Å²) < 4.78 is 14.0. The van der Waals surface area contributed by atoms with E-state index in [0.717, 1.165) is 19.5 Å². The molecule has 1 aliphatic heterocycles. The number of carbonyl (C=O) groups is 1. The Kier molecular flexibility index (Phi) is 4.53. The Labute approximate surface area is 113 Å². The van der Waals surface area contributed by atoms with Gasteiger partial charge in [0.1, 0.15) is 5.82 Å². The Morgan fingerprint density at radius 3 is 3.00 bits per heavy atom. The Bertz CT molecular complexity index is 461. The average molecular weight is 265 g/mol. The molecule has 2 rings (SSSR count). The summed E-state index contributed by atoms with van der Waals surface area (Å²) in [6, 6.07) is 4.60. The largest absolute Gasteiger partial charge is 0.478 e. The van der Waals surface area contributed by atoms with Crippen molar-refractivity contribution in [1.29, 1.82) is 0 Å². The third kappa shape index (κ3) is 3.32. The van der Waals surface area contributed by atoms with Crippen LogP contribution in [0.25, 0.3) is 0 Å². The van der Waals surface area contributed by atoms with Gasteiger partial charge in [-0.3, -0.25) is 4.90 Å². The number of carboxylic acids is 1. The number of carboxylic acid groups (broad SMARTS) is 1. The van der Waals surface area contributed by atoms with Crippen LogP contribution in [0.1, 0.15) is 42.1 Å². The fraction of sp³-hybridized carbons (Fsp3) is 0.533. The highest BCUT2D eigenvalue weighted by molar-refractivity contribution is 5.88. The smallest absolute Gasteiger partial charge is 0.338 e. The summed E-state index contributed by atoms with van der Waals surface area (Å²) in [6.07, 6.45) is 3.56. The number of nitrogens with zero attached hydrogens (tertiary/aromatic N) is 1. The van der Waals surface area contributed by atoms with Crippen LogP contribution in [0.2, 0.25) is 0 Å². The van der Waals surface area contributed by atoms with E-state index in [2.05, 4.69) is 11.8 Å². The van der Waals surface area contributed by atoms with Gasteiger partial charge >= 0.3 is 5.97 Å². The van der Waals surface area contributed by atoms with E-state index in [-0.39, 0.29) is 5.56 Å². The van der Waals surface area contributed by atoms with Crippen molar-refractivity contribution in [2.75, 3.05) is 13.1 Å². The Morgan fingerprint density at radius 2 is 2.32 bits per heavy atom. The quantitative estimate of drug-likeness (QED) is 0.889.